The van der Waals surface area contributed by atoms with Gasteiger partial charge in [0.05, 0.1) is 35.9 Å². The van der Waals surface area contributed by atoms with Crippen LogP contribution in [0.15, 0.2) is 18.5 Å². The van der Waals surface area contributed by atoms with Crippen LogP contribution in [-0.2, 0) is 16.0 Å². The number of ketones is 1. The number of nitrogens with zero attached hydrogens (tertiary/aromatic N) is 6. The zero-order valence-corrected chi connectivity index (χ0v) is 26.3. The number of fused-ring (bicyclic) bond motifs is 8. The van der Waals surface area contributed by atoms with Crippen LogP contribution >= 0.6 is 11.6 Å². The lowest BCUT2D eigenvalue weighted by molar-refractivity contribution is -0.120. The van der Waals surface area contributed by atoms with Crippen LogP contribution in [0.2, 0.25) is 5.02 Å². The first-order valence-corrected chi connectivity index (χ1v) is 16.6. The Morgan fingerprint density at radius 1 is 1.13 bits per heavy atom. The number of nitrogens with one attached hydrogen (secondary N) is 1. The molecule has 0 unspecified atom stereocenters. The number of Topliss-reactive ketones (excluding diaryl/α,β-unsaturated/α-hetero) is 1. The Bertz CT molecular complexity index is 1820. The summed E-state index contributed by atoms with van der Waals surface area (Å²) in [4.78, 5) is 31.5. The number of halogens is 3. The minimum atomic E-state index is -0.904. The maximum Gasteiger partial charge on any atom is 0.319 e. The van der Waals surface area contributed by atoms with Crippen molar-refractivity contribution in [2.24, 2.45) is 5.92 Å². The summed E-state index contributed by atoms with van der Waals surface area (Å²) < 4.78 is 43.7. The third-order valence-electron chi connectivity index (χ3n) is 10.2. The molecular weight excluding hydrogens is 616 g/mol. The fourth-order valence-corrected chi connectivity index (χ4v) is 8.31. The highest BCUT2D eigenvalue weighted by Crippen LogP contribution is 2.42. The summed E-state index contributed by atoms with van der Waals surface area (Å²) in [7, 11) is 0. The minimum Gasteiger partial charge on any atom is -0.461 e. The molecule has 1 N–H and O–H groups in total. The van der Waals surface area contributed by atoms with Gasteiger partial charge in [0.15, 0.2) is 5.82 Å². The standard InChI is InChI=1S/C33H36ClF2N7O3/c34-25-11-26-23(14-38-41-26)27-22(25)5-2-1-4-21(44)10-19-15-42(8-9-45-17-19)31-24-13-37-30(27)28(36)29(24)39-32(40-31)46-18-33-6-3-7-43(33)16-20(35)12-33/h11,13-14,19-20H,1-10,12,15-18H2,(H,38,41)/t19-,20+,33-/m0/s1. The van der Waals surface area contributed by atoms with Gasteiger partial charge in [-0.25, -0.2) is 8.78 Å². The summed E-state index contributed by atoms with van der Waals surface area (Å²) in [6.07, 6.45) is 7.33. The number of rotatable bonds is 3. The minimum absolute atomic E-state index is 0.0285. The van der Waals surface area contributed by atoms with E-state index in [1.165, 1.54) is 0 Å². The summed E-state index contributed by atoms with van der Waals surface area (Å²) >= 11 is 6.81. The summed E-state index contributed by atoms with van der Waals surface area (Å²) in [5.41, 5.74) is 1.75. The summed E-state index contributed by atoms with van der Waals surface area (Å²) in [5, 5.41) is 8.76. The first-order chi connectivity index (χ1) is 22.4. The Balaban J connectivity index is 1.30. The van der Waals surface area contributed by atoms with Crippen LogP contribution in [0.4, 0.5) is 14.6 Å². The molecule has 8 heterocycles. The monoisotopic (exact) mass is 651 g/mol. The van der Waals surface area contributed by atoms with E-state index in [2.05, 4.69) is 20.1 Å². The van der Waals surface area contributed by atoms with Crippen LogP contribution < -0.4 is 9.64 Å². The molecule has 0 aliphatic carbocycles. The van der Waals surface area contributed by atoms with E-state index in [1.54, 1.807) is 18.5 Å². The Labute approximate surface area is 269 Å². The smallest absolute Gasteiger partial charge is 0.319 e. The molecule has 242 valence electrons. The number of carbonyl (C=O) groups is 1. The van der Waals surface area contributed by atoms with Gasteiger partial charge in [-0.2, -0.15) is 15.1 Å². The lowest BCUT2D eigenvalue weighted by Crippen LogP contribution is -2.43. The Morgan fingerprint density at radius 3 is 2.93 bits per heavy atom. The van der Waals surface area contributed by atoms with Crippen molar-refractivity contribution in [2.45, 2.75) is 63.1 Å². The second kappa shape index (κ2) is 12.0. The quantitative estimate of drug-likeness (QED) is 0.309. The number of aromatic nitrogens is 5. The van der Waals surface area contributed by atoms with Gasteiger partial charge in [-0.3, -0.25) is 19.8 Å². The number of hydrogen-bond donors (Lipinski definition) is 1. The highest BCUT2D eigenvalue weighted by molar-refractivity contribution is 6.33. The summed E-state index contributed by atoms with van der Waals surface area (Å²) in [6.45, 7) is 3.33. The molecule has 0 saturated carbocycles. The van der Waals surface area contributed by atoms with Crippen molar-refractivity contribution in [3.05, 3.63) is 34.9 Å². The molecular formula is C33H36ClF2N7O3. The molecule has 13 heteroatoms. The SMILES string of the molecule is O=C1CCCCc2c(Cl)cc3[nH]ncc3c2-c2ncc3c(nc(OC[C@@]45CCCN4C[C@H](F)C5)nc3c2F)N2CCOC[C@@H](C1)C2. The lowest BCUT2D eigenvalue weighted by Gasteiger charge is -2.31. The molecule has 1 aromatic carbocycles. The Kier molecular flexibility index (Phi) is 7.77. The number of aromatic amines is 1. The van der Waals surface area contributed by atoms with E-state index in [1.807, 2.05) is 4.90 Å². The molecule has 6 bridgehead atoms. The summed E-state index contributed by atoms with van der Waals surface area (Å²) in [6, 6.07) is 1.83. The van der Waals surface area contributed by atoms with E-state index in [0.717, 1.165) is 24.9 Å². The Morgan fingerprint density at radius 2 is 2.02 bits per heavy atom. The third kappa shape index (κ3) is 5.28. The van der Waals surface area contributed by atoms with Crippen LogP contribution in [0, 0.1) is 11.7 Å². The van der Waals surface area contributed by atoms with Gasteiger partial charge < -0.3 is 14.4 Å². The highest BCUT2D eigenvalue weighted by Gasteiger charge is 2.49. The van der Waals surface area contributed by atoms with E-state index >= 15 is 4.39 Å². The normalized spacial score (nSPS) is 25.8. The largest absolute Gasteiger partial charge is 0.461 e. The fourth-order valence-electron chi connectivity index (χ4n) is 8.01. The second-order valence-electron chi connectivity index (χ2n) is 13.3. The van der Waals surface area contributed by atoms with Gasteiger partial charge in [0, 0.05) is 67.0 Å². The van der Waals surface area contributed by atoms with Gasteiger partial charge in [-0.05, 0) is 50.3 Å². The van der Waals surface area contributed by atoms with Gasteiger partial charge in [0.1, 0.15) is 35.6 Å². The van der Waals surface area contributed by atoms with Crippen molar-refractivity contribution in [3.8, 4) is 17.3 Å². The van der Waals surface area contributed by atoms with Gasteiger partial charge in [-0.1, -0.05) is 11.6 Å². The van der Waals surface area contributed by atoms with Gasteiger partial charge in [0.25, 0.3) is 0 Å². The average molecular weight is 652 g/mol. The van der Waals surface area contributed by atoms with E-state index < -0.39 is 17.5 Å². The van der Waals surface area contributed by atoms with Gasteiger partial charge in [0.2, 0.25) is 0 Å². The third-order valence-corrected chi connectivity index (χ3v) is 10.5. The molecule has 3 aromatic heterocycles. The van der Waals surface area contributed by atoms with Crippen LogP contribution in [-0.4, -0.2) is 93.5 Å². The van der Waals surface area contributed by atoms with Crippen molar-refractivity contribution in [1.29, 1.82) is 0 Å². The van der Waals surface area contributed by atoms with Crippen molar-refractivity contribution >= 4 is 45.0 Å². The molecule has 4 aromatic rings. The van der Waals surface area contributed by atoms with Crippen LogP contribution in [0.5, 0.6) is 6.01 Å². The van der Waals surface area contributed by atoms with Crippen LogP contribution in [0.3, 0.4) is 0 Å². The molecule has 3 saturated heterocycles. The van der Waals surface area contributed by atoms with Crippen LogP contribution in [0.25, 0.3) is 33.1 Å². The predicted molar refractivity (Wildman–Crippen MR) is 170 cm³/mol. The number of benzene rings is 1. The average Bonchev–Trinajstić information content (AvgIpc) is 3.68. The van der Waals surface area contributed by atoms with Crippen molar-refractivity contribution in [1.82, 2.24) is 30.0 Å². The number of pyridine rings is 1. The first-order valence-electron chi connectivity index (χ1n) is 16.3. The molecule has 3 atom stereocenters. The van der Waals surface area contributed by atoms with E-state index in [0.29, 0.717) is 104 Å². The number of hydrogen-bond acceptors (Lipinski definition) is 9. The molecule has 46 heavy (non-hydrogen) atoms. The first kappa shape index (κ1) is 29.9. The van der Waals surface area contributed by atoms with Crippen molar-refractivity contribution < 1.29 is 23.0 Å². The van der Waals surface area contributed by atoms with Gasteiger partial charge in [-0.15, -0.1) is 0 Å². The second-order valence-corrected chi connectivity index (χ2v) is 13.7. The maximum atomic E-state index is 17.0. The molecule has 5 aliphatic heterocycles. The predicted octanol–water partition coefficient (Wildman–Crippen LogP) is 5.45. The van der Waals surface area contributed by atoms with Crippen molar-refractivity contribution in [2.75, 3.05) is 50.9 Å². The molecule has 9 rings (SSSR count). The highest BCUT2D eigenvalue weighted by atomic mass is 35.5. The van der Waals surface area contributed by atoms with E-state index in [9.17, 15) is 9.18 Å². The van der Waals surface area contributed by atoms with Crippen LogP contribution in [0.1, 0.15) is 50.5 Å². The fraction of sp³-hybridized carbons (Fsp3) is 0.545. The Hall–Kier alpha value is -3.48. The van der Waals surface area contributed by atoms with E-state index in [4.69, 9.17) is 31.0 Å². The molecule has 0 amide bonds. The topological polar surface area (TPSA) is 109 Å². The molecule has 5 aliphatic rings. The zero-order valence-electron chi connectivity index (χ0n) is 25.5. The number of H-pyrrole nitrogens is 1. The molecule has 0 radical (unpaired) electrons. The number of anilines is 1. The zero-order chi connectivity index (χ0) is 31.4. The molecule has 10 nitrogen and oxygen atoms in total. The van der Waals surface area contributed by atoms with E-state index in [-0.39, 0.29) is 35.5 Å². The lowest BCUT2D eigenvalue weighted by atomic mass is 9.93. The van der Waals surface area contributed by atoms with Gasteiger partial charge >= 0.3 is 6.01 Å². The molecule has 3 fully saturated rings. The number of ether oxygens (including phenoxy) is 2. The number of alkyl halides is 1. The molecule has 0 spiro atoms. The number of carbonyl (C=O) groups excluding carboxylic acids is 1. The summed E-state index contributed by atoms with van der Waals surface area (Å²) in [5.74, 6) is 0.00980. The van der Waals surface area contributed by atoms with Crippen molar-refractivity contribution in [3.63, 3.8) is 0 Å². The maximum absolute atomic E-state index is 17.0.